The summed E-state index contributed by atoms with van der Waals surface area (Å²) in [7, 11) is 1.34. The average molecular weight is 356 g/mol. The lowest BCUT2D eigenvalue weighted by Crippen LogP contribution is -1.98. The zero-order valence-corrected chi connectivity index (χ0v) is 15.2. The van der Waals surface area contributed by atoms with Gasteiger partial charge in [0.25, 0.3) is 0 Å². The Balaban J connectivity index is 1.69. The number of carbonyl (C=O) groups excluding carboxylic acids is 1. The van der Waals surface area contributed by atoms with Crippen molar-refractivity contribution in [3.63, 3.8) is 0 Å². The van der Waals surface area contributed by atoms with Gasteiger partial charge in [-0.1, -0.05) is 42.1 Å². The first-order valence-corrected chi connectivity index (χ1v) is 8.89. The fourth-order valence-corrected chi connectivity index (χ4v) is 3.44. The van der Waals surface area contributed by atoms with Crippen molar-refractivity contribution in [2.24, 2.45) is 0 Å². The Hall–Kier alpha value is -2.47. The van der Waals surface area contributed by atoms with Gasteiger partial charge in [-0.15, -0.1) is 0 Å². The van der Waals surface area contributed by atoms with Crippen LogP contribution in [0.15, 0.2) is 52.0 Å². The number of benzene rings is 1. The van der Waals surface area contributed by atoms with Gasteiger partial charge in [-0.3, -0.25) is 0 Å². The maximum atomic E-state index is 11.5. The molecule has 0 radical (unpaired) electrons. The van der Waals surface area contributed by atoms with E-state index in [0.717, 1.165) is 23.0 Å². The molecular formula is C19H20N2O3S. The van der Waals surface area contributed by atoms with Crippen molar-refractivity contribution >= 4 is 17.7 Å². The number of hydrogen-bond donors (Lipinski definition) is 1. The van der Waals surface area contributed by atoms with Gasteiger partial charge in [-0.05, 0) is 31.5 Å². The number of imidazole rings is 1. The Labute approximate surface area is 150 Å². The summed E-state index contributed by atoms with van der Waals surface area (Å²) in [6.07, 6.45) is 0.797. The van der Waals surface area contributed by atoms with Crippen molar-refractivity contribution in [3.05, 3.63) is 70.9 Å². The molecule has 1 unspecified atom stereocenters. The van der Waals surface area contributed by atoms with Crippen LogP contribution in [0.3, 0.4) is 0 Å². The van der Waals surface area contributed by atoms with E-state index in [-0.39, 0.29) is 11.0 Å². The van der Waals surface area contributed by atoms with Gasteiger partial charge in [0.2, 0.25) is 5.76 Å². The number of ether oxygens (including phenoxy) is 1. The lowest BCUT2D eigenvalue weighted by Gasteiger charge is -2.05. The number of rotatable bonds is 6. The van der Waals surface area contributed by atoms with E-state index in [1.807, 2.05) is 32.0 Å². The minimum Gasteiger partial charge on any atom is -0.463 e. The summed E-state index contributed by atoms with van der Waals surface area (Å²) in [5.41, 5.74) is 3.33. The molecule has 6 heteroatoms. The van der Waals surface area contributed by atoms with E-state index in [9.17, 15) is 4.79 Å². The molecule has 2 aromatic heterocycles. The molecule has 0 spiro atoms. The zero-order chi connectivity index (χ0) is 17.8. The molecular weight excluding hydrogens is 336 g/mol. The summed E-state index contributed by atoms with van der Waals surface area (Å²) < 4.78 is 10.2. The second kappa shape index (κ2) is 7.61. The van der Waals surface area contributed by atoms with E-state index in [0.29, 0.717) is 5.76 Å². The summed E-state index contributed by atoms with van der Waals surface area (Å²) in [5.74, 6) is 0.455. The zero-order valence-electron chi connectivity index (χ0n) is 14.4. The molecule has 0 fully saturated rings. The molecule has 0 aliphatic carbocycles. The largest absolute Gasteiger partial charge is 0.463 e. The van der Waals surface area contributed by atoms with Crippen molar-refractivity contribution in [3.8, 4) is 0 Å². The van der Waals surface area contributed by atoms with Crippen LogP contribution in [0, 0.1) is 6.92 Å². The summed E-state index contributed by atoms with van der Waals surface area (Å²) in [6, 6.07) is 13.7. The molecule has 0 saturated carbocycles. The van der Waals surface area contributed by atoms with E-state index >= 15 is 0 Å². The lowest BCUT2D eigenvalue weighted by atomic mass is 10.1. The quantitative estimate of drug-likeness (QED) is 0.519. The number of furan rings is 1. The van der Waals surface area contributed by atoms with Gasteiger partial charge in [0.05, 0.1) is 18.1 Å². The fourth-order valence-electron chi connectivity index (χ4n) is 2.49. The molecule has 3 aromatic rings. The number of aryl methyl sites for hydroxylation is 1. The minimum absolute atomic E-state index is 0.0218. The van der Waals surface area contributed by atoms with Crippen LogP contribution < -0.4 is 0 Å². The van der Waals surface area contributed by atoms with Crippen LogP contribution in [-0.2, 0) is 11.2 Å². The number of aromatic amines is 1. The molecule has 130 valence electrons. The number of hydrogen-bond acceptors (Lipinski definition) is 5. The van der Waals surface area contributed by atoms with Gasteiger partial charge in [0.15, 0.2) is 5.16 Å². The van der Waals surface area contributed by atoms with Crippen LogP contribution in [0.5, 0.6) is 0 Å². The van der Waals surface area contributed by atoms with E-state index < -0.39 is 5.97 Å². The van der Waals surface area contributed by atoms with E-state index in [1.54, 1.807) is 23.9 Å². The summed E-state index contributed by atoms with van der Waals surface area (Å²) in [4.78, 5) is 19.5. The monoisotopic (exact) mass is 356 g/mol. The fraction of sp³-hybridized carbons (Fsp3) is 0.263. The van der Waals surface area contributed by atoms with Crippen LogP contribution in [-0.4, -0.2) is 23.0 Å². The molecule has 0 aliphatic rings. The predicted octanol–water partition coefficient (Wildman–Crippen LogP) is 4.54. The summed E-state index contributed by atoms with van der Waals surface area (Å²) in [6.45, 7) is 4.04. The highest BCUT2D eigenvalue weighted by Gasteiger charge is 2.18. The molecule has 1 atom stereocenters. The number of nitrogens with one attached hydrogen (secondary N) is 1. The molecule has 0 aliphatic heterocycles. The lowest BCUT2D eigenvalue weighted by molar-refractivity contribution is 0.0563. The Bertz CT molecular complexity index is 855. The van der Waals surface area contributed by atoms with Crippen molar-refractivity contribution in [2.75, 3.05) is 7.11 Å². The number of methoxy groups -OCH3 is 1. The second-order valence-corrected chi connectivity index (χ2v) is 7.06. The second-order valence-electron chi connectivity index (χ2n) is 5.73. The van der Waals surface area contributed by atoms with E-state index in [4.69, 9.17) is 9.40 Å². The Kier molecular flexibility index (Phi) is 5.28. The van der Waals surface area contributed by atoms with Gasteiger partial charge in [-0.2, -0.15) is 0 Å². The molecule has 25 heavy (non-hydrogen) atoms. The molecule has 1 N–H and O–H groups in total. The van der Waals surface area contributed by atoms with Crippen LogP contribution in [0.4, 0.5) is 0 Å². The molecule has 0 amide bonds. The number of thioether (sulfide) groups is 1. The first kappa shape index (κ1) is 17.4. The van der Waals surface area contributed by atoms with E-state index in [1.165, 1.54) is 12.7 Å². The van der Waals surface area contributed by atoms with Crippen LogP contribution in [0.25, 0.3) is 0 Å². The highest BCUT2D eigenvalue weighted by molar-refractivity contribution is 7.99. The van der Waals surface area contributed by atoms with Crippen molar-refractivity contribution in [2.45, 2.75) is 30.7 Å². The van der Waals surface area contributed by atoms with Gasteiger partial charge in [-0.25, -0.2) is 9.78 Å². The van der Waals surface area contributed by atoms with Gasteiger partial charge >= 0.3 is 5.97 Å². The van der Waals surface area contributed by atoms with Gasteiger partial charge < -0.3 is 14.1 Å². The number of esters is 1. The number of H-pyrrole nitrogens is 1. The maximum Gasteiger partial charge on any atom is 0.373 e. The maximum absolute atomic E-state index is 11.5. The summed E-state index contributed by atoms with van der Waals surface area (Å²) >= 11 is 1.56. The Morgan fingerprint density at radius 2 is 2.04 bits per heavy atom. The molecule has 1 aromatic carbocycles. The standard InChI is InChI=1S/C19H20N2O3S/c1-12-15(11-14-7-5-4-6-8-14)21-19(20-12)25-13(2)16-9-10-17(24-16)18(22)23-3/h4-10,13H,11H2,1-3H3,(H,20,21). The SMILES string of the molecule is COC(=O)c1ccc(C(C)Sc2nc(Cc3ccccc3)c(C)[nH]2)o1. The van der Waals surface area contributed by atoms with Gasteiger partial charge in [0, 0.05) is 12.1 Å². The average Bonchev–Trinajstić information content (AvgIpc) is 3.23. The van der Waals surface area contributed by atoms with Crippen molar-refractivity contribution in [1.82, 2.24) is 9.97 Å². The molecule has 3 rings (SSSR count). The smallest absolute Gasteiger partial charge is 0.373 e. The Morgan fingerprint density at radius 1 is 1.28 bits per heavy atom. The molecule has 0 saturated heterocycles. The predicted molar refractivity (Wildman–Crippen MR) is 96.9 cm³/mol. The van der Waals surface area contributed by atoms with E-state index in [2.05, 4.69) is 21.9 Å². The third-order valence-electron chi connectivity index (χ3n) is 3.88. The topological polar surface area (TPSA) is 68.1 Å². The minimum atomic E-state index is -0.470. The molecule has 2 heterocycles. The van der Waals surface area contributed by atoms with Gasteiger partial charge in [0.1, 0.15) is 5.76 Å². The number of nitrogens with zero attached hydrogens (tertiary/aromatic N) is 1. The van der Waals surface area contributed by atoms with Crippen LogP contribution in [0.2, 0.25) is 0 Å². The third kappa shape index (κ3) is 4.14. The van der Waals surface area contributed by atoms with Crippen LogP contribution in [0.1, 0.15) is 45.4 Å². The molecule has 0 bridgehead atoms. The number of aromatic nitrogens is 2. The first-order chi connectivity index (χ1) is 12.1. The summed E-state index contributed by atoms with van der Waals surface area (Å²) in [5, 5.41) is 0.862. The van der Waals surface area contributed by atoms with Crippen molar-refractivity contribution < 1.29 is 13.9 Å². The van der Waals surface area contributed by atoms with Crippen molar-refractivity contribution in [1.29, 1.82) is 0 Å². The highest BCUT2D eigenvalue weighted by atomic mass is 32.2. The first-order valence-electron chi connectivity index (χ1n) is 8.01. The molecule has 5 nitrogen and oxygen atoms in total. The Morgan fingerprint density at radius 3 is 2.76 bits per heavy atom. The third-order valence-corrected chi connectivity index (χ3v) is 4.88. The number of carbonyl (C=O) groups is 1. The van der Waals surface area contributed by atoms with Crippen LogP contribution >= 0.6 is 11.8 Å². The highest BCUT2D eigenvalue weighted by Crippen LogP contribution is 2.34. The normalized spacial score (nSPS) is 12.1.